The first-order chi connectivity index (χ1) is 23.9. The van der Waals surface area contributed by atoms with Gasteiger partial charge in [0.1, 0.15) is 29.9 Å². The number of carboxylic acids is 1. The Kier molecular flexibility index (Phi) is 3.25. The number of hydrogen-bond donors (Lipinski definition) is 1. The molecule has 1 atom stereocenters. The van der Waals surface area contributed by atoms with Gasteiger partial charge >= 0.3 is 5.97 Å². The standard InChI is InChI=1S/C30H27F3N2O2S/c1-16-9-12-35(15-16)19-6-8-21-23(14-19)38-22-13-18(34-10-3-4-11-34)5-7-20(22)24(21)25-26(30(36)37)29(33)28(32)17(2)27(25)31/h5-8,13-14,16H,3-4,9-12,15H2,1-2H3/p+1/i3D2,4D2,9D2,10D2,11D2,12D2,15D2,16D. The predicted octanol–water partition coefficient (Wildman–Crippen LogP) is 6.51. The number of rotatable bonds is 3. The number of carbonyl (C=O) groups is 1. The summed E-state index contributed by atoms with van der Waals surface area (Å²) in [7, 11) is 0. The molecule has 6 rings (SSSR count). The zero-order valence-corrected chi connectivity index (χ0v) is 20.6. The molecule has 0 saturated carbocycles. The van der Waals surface area contributed by atoms with Crippen LogP contribution in [0.15, 0.2) is 36.4 Å². The maximum Gasteiger partial charge on any atom is 0.339 e. The van der Waals surface area contributed by atoms with Crippen LogP contribution < -0.4 is 14.8 Å². The van der Waals surface area contributed by atoms with Gasteiger partial charge in [-0.25, -0.2) is 22.5 Å². The lowest BCUT2D eigenvalue weighted by atomic mass is 9.89. The number of fused-ring (bicyclic) bond motifs is 2. The van der Waals surface area contributed by atoms with Crippen LogP contribution in [-0.4, -0.2) is 37.1 Å². The van der Waals surface area contributed by atoms with Crippen LogP contribution >= 0.6 is 11.3 Å². The fourth-order valence-corrected chi connectivity index (χ4v) is 5.60. The molecular formula is C30H28F3N2O2S+. The number of benzene rings is 3. The summed E-state index contributed by atoms with van der Waals surface area (Å²) in [5, 5.41) is 9.49. The van der Waals surface area contributed by atoms with Crippen LogP contribution in [0.4, 0.5) is 18.9 Å². The van der Waals surface area contributed by atoms with E-state index >= 15 is 8.78 Å². The van der Waals surface area contributed by atoms with Gasteiger partial charge in [-0.2, -0.15) is 0 Å². The third-order valence-electron chi connectivity index (χ3n) is 6.24. The van der Waals surface area contributed by atoms with Crippen molar-refractivity contribution in [2.45, 2.75) is 33.0 Å². The summed E-state index contributed by atoms with van der Waals surface area (Å²) in [5.74, 6) is -9.96. The molecule has 196 valence electrons. The topological polar surface area (TPSA) is 43.6 Å². The monoisotopic (exact) mass is 552 g/mol. The molecule has 1 aliphatic carbocycles. The minimum Gasteiger partial charge on any atom is -0.478 e. The average Bonchev–Trinajstić information content (AvgIpc) is 3.15. The lowest BCUT2D eigenvalue weighted by molar-refractivity contribution is 0.0691. The van der Waals surface area contributed by atoms with Crippen molar-refractivity contribution in [2.24, 2.45) is 5.89 Å². The summed E-state index contributed by atoms with van der Waals surface area (Å²) in [4.78, 5) is 12.7. The highest BCUT2D eigenvalue weighted by Crippen LogP contribution is 2.47. The van der Waals surface area contributed by atoms with Crippen molar-refractivity contribution in [2.75, 3.05) is 30.9 Å². The van der Waals surface area contributed by atoms with Gasteiger partial charge in [-0.3, -0.25) is 0 Å². The van der Waals surface area contributed by atoms with Gasteiger partial charge in [0.15, 0.2) is 11.6 Å². The molecule has 3 heterocycles. The molecule has 1 unspecified atom stereocenters. The molecule has 0 radical (unpaired) electrons. The van der Waals surface area contributed by atoms with Gasteiger partial charge in [0.05, 0.1) is 0 Å². The van der Waals surface area contributed by atoms with Gasteiger partial charge in [0.25, 0.3) is 0 Å². The van der Waals surface area contributed by atoms with Crippen LogP contribution in [0.2, 0.25) is 0 Å². The van der Waals surface area contributed by atoms with Gasteiger partial charge in [-0.1, -0.05) is 13.0 Å². The van der Waals surface area contributed by atoms with Gasteiger partial charge in [0.2, 0.25) is 5.36 Å². The minimum absolute atomic E-state index is 0.0656. The van der Waals surface area contributed by atoms with Crippen molar-refractivity contribution >= 4 is 33.1 Å². The molecule has 4 nitrogen and oxygen atoms in total. The van der Waals surface area contributed by atoms with Gasteiger partial charge in [-0.05, 0) is 37.4 Å². The van der Waals surface area contributed by atoms with E-state index in [-0.39, 0.29) is 30.8 Å². The second-order valence-corrected chi connectivity index (χ2v) is 9.66. The number of aromatic carboxylic acids is 1. The van der Waals surface area contributed by atoms with E-state index in [1.54, 1.807) is 0 Å². The van der Waals surface area contributed by atoms with Crippen LogP contribution in [0.25, 0.3) is 31.7 Å². The van der Waals surface area contributed by atoms with E-state index < -0.39 is 102 Å². The highest BCUT2D eigenvalue weighted by molar-refractivity contribution is 7.21. The number of anilines is 1. The Morgan fingerprint density at radius 3 is 2.55 bits per heavy atom. The molecule has 0 aromatic heterocycles. The van der Waals surface area contributed by atoms with E-state index in [4.69, 9.17) is 20.6 Å². The molecular weight excluding hydrogens is 509 g/mol. The van der Waals surface area contributed by atoms with Crippen molar-refractivity contribution in [3.8, 4) is 21.6 Å². The van der Waals surface area contributed by atoms with Crippen molar-refractivity contribution in [1.29, 1.82) is 0 Å². The van der Waals surface area contributed by atoms with Crippen molar-refractivity contribution < 1.29 is 43.6 Å². The maximum absolute atomic E-state index is 16.2. The second kappa shape index (κ2) is 9.42. The van der Waals surface area contributed by atoms with Crippen LogP contribution in [0.3, 0.4) is 0 Å². The summed E-state index contributed by atoms with van der Waals surface area (Å²) in [6.45, 7) is -11.1. The largest absolute Gasteiger partial charge is 0.478 e. The Bertz CT molecular complexity index is 2270. The molecule has 38 heavy (non-hydrogen) atoms. The average molecular weight is 553 g/mol. The first-order valence-electron chi connectivity index (χ1n) is 18.7. The quantitative estimate of drug-likeness (QED) is 0.179. The molecule has 8 heteroatoms. The molecule has 3 aliphatic heterocycles. The van der Waals surface area contributed by atoms with Crippen LogP contribution in [0, 0.1) is 30.3 Å². The third-order valence-corrected chi connectivity index (χ3v) is 7.36. The summed E-state index contributed by atoms with van der Waals surface area (Å²) in [6, 6.07) is 6.57. The Balaban J connectivity index is 1.81. The van der Waals surface area contributed by atoms with Crippen molar-refractivity contribution in [3.05, 3.63) is 70.3 Å². The summed E-state index contributed by atoms with van der Waals surface area (Å²) < 4.78 is 173. The second-order valence-electron chi connectivity index (χ2n) is 8.58. The summed E-state index contributed by atoms with van der Waals surface area (Å²) in [6.07, 6.45) is -9.98. The summed E-state index contributed by atoms with van der Waals surface area (Å²) in [5.41, 5.74) is -4.11. The van der Waals surface area contributed by atoms with Gasteiger partial charge < -0.3 is 10.0 Å². The highest BCUT2D eigenvalue weighted by atomic mass is 32.1. The first-order valence-corrected chi connectivity index (χ1v) is 12.0. The van der Waals surface area contributed by atoms with E-state index in [2.05, 4.69) is 0 Å². The van der Waals surface area contributed by atoms with Crippen LogP contribution in [0.1, 0.15) is 62.5 Å². The lowest BCUT2D eigenvalue weighted by Gasteiger charge is -2.22. The van der Waals surface area contributed by atoms with E-state index in [9.17, 15) is 14.3 Å². The Hall–Kier alpha value is -3.39. The van der Waals surface area contributed by atoms with Gasteiger partial charge in [-0.15, -0.1) is 11.3 Å². The predicted molar refractivity (Wildman–Crippen MR) is 146 cm³/mol. The number of carboxylic acid groups (broad SMARTS) is 1. The smallest absolute Gasteiger partial charge is 0.339 e. The molecule has 2 aromatic rings. The zero-order chi connectivity index (χ0) is 40.2. The van der Waals surface area contributed by atoms with E-state index in [1.165, 1.54) is 0 Å². The number of hydrogen-bond acceptors (Lipinski definition) is 3. The van der Waals surface area contributed by atoms with E-state index in [0.29, 0.717) is 4.90 Å². The number of nitrogens with zero attached hydrogens (tertiary/aromatic N) is 2. The summed E-state index contributed by atoms with van der Waals surface area (Å²) >= 11 is 0.729. The minimum atomic E-state index is -3.43. The molecule has 0 spiro atoms. The van der Waals surface area contributed by atoms with Crippen molar-refractivity contribution in [1.82, 2.24) is 4.58 Å². The van der Waals surface area contributed by atoms with Crippen LogP contribution in [0.5, 0.6) is 0 Å². The third kappa shape index (κ3) is 3.97. The normalized spacial score (nSPS) is 34.8. The van der Waals surface area contributed by atoms with E-state index in [1.807, 2.05) is 0 Å². The van der Waals surface area contributed by atoms with E-state index in [0.717, 1.165) is 61.6 Å². The lowest BCUT2D eigenvalue weighted by Crippen LogP contribution is -2.26. The molecule has 2 aromatic carbocycles. The van der Waals surface area contributed by atoms with Crippen molar-refractivity contribution in [3.63, 3.8) is 0 Å². The molecule has 4 aliphatic rings. The van der Waals surface area contributed by atoms with Gasteiger partial charge in [0, 0.05) is 95.9 Å². The first kappa shape index (κ1) is 13.1. The Morgan fingerprint density at radius 1 is 1.11 bits per heavy atom. The fraction of sp³-hybridized carbons (Fsp3) is 0.333. The maximum atomic E-state index is 16.2. The molecule has 2 saturated heterocycles. The Morgan fingerprint density at radius 2 is 1.87 bits per heavy atom. The highest BCUT2D eigenvalue weighted by Gasteiger charge is 2.31. The fourth-order valence-electron chi connectivity index (χ4n) is 4.45. The SMILES string of the molecule is [2H]C1([2H])N(c2ccc3c(-c4c(F)c(C)c(F)c(F)c4C(=O)O)c4ccc(=[N+]5C([2H])([2H])C([2H])([2H])C([2H])([2H])C5([2H])[2H])cc-4sc3c2)C([2H])([2H])C([2H])(C)C1([2H])[2H]. The molecule has 0 bridgehead atoms. The molecule has 1 N–H and O–H groups in total. The molecule has 2 fully saturated rings. The number of halogens is 3. The van der Waals surface area contributed by atoms with Crippen LogP contribution in [-0.2, 0) is 0 Å². The molecule has 0 amide bonds. The Labute approximate surface area is 243 Å². The zero-order valence-electron chi connectivity index (χ0n) is 34.8.